The number of carbonyl (C=O) groups is 4. The molecule has 3 aromatic heterocycles. The molecule has 17 nitrogen and oxygen atoms in total. The van der Waals surface area contributed by atoms with Crippen LogP contribution < -0.4 is 15.4 Å². The molecule has 114 heavy (non-hydrogen) atoms. The van der Waals surface area contributed by atoms with E-state index in [0.29, 0.717) is 51.6 Å². The van der Waals surface area contributed by atoms with Crippen molar-refractivity contribution in [2.75, 3.05) is 13.2 Å². The van der Waals surface area contributed by atoms with Crippen LogP contribution in [-0.2, 0) is 67.6 Å². The molecule has 6 aromatic carbocycles. The number of halogens is 7. The Morgan fingerprint density at radius 2 is 1.04 bits per heavy atom. The lowest BCUT2D eigenvalue weighted by Crippen LogP contribution is -2.47. The highest BCUT2D eigenvalue weighted by molar-refractivity contribution is 7.92. The first-order valence-corrected chi connectivity index (χ1v) is 42.9. The number of nitrogens with zero attached hydrogens (tertiary/aromatic N) is 5. The van der Waals surface area contributed by atoms with E-state index in [1.807, 2.05) is 85.3 Å². The topological polar surface area (TPSA) is 221 Å². The van der Waals surface area contributed by atoms with Gasteiger partial charge in [-0.15, -0.1) is 0 Å². The minimum Gasteiger partial charge on any atom is -0.466 e. The Bertz CT molecular complexity index is 5100. The van der Waals surface area contributed by atoms with Crippen LogP contribution >= 0.6 is 34.8 Å². The minimum atomic E-state index is -3.63. The van der Waals surface area contributed by atoms with Gasteiger partial charge in [-0.2, -0.15) is 15.3 Å². The Morgan fingerprint density at radius 1 is 0.544 bits per heavy atom. The number of nitrogens with one attached hydrogen (secondary N) is 4. The van der Waals surface area contributed by atoms with E-state index in [1.54, 1.807) is 37.3 Å². The molecule has 4 N–H and O–H groups in total. The highest BCUT2D eigenvalue weighted by atomic mass is 35.5. The van der Waals surface area contributed by atoms with Crippen LogP contribution in [0, 0.1) is 58.8 Å². The number of hydrogen-bond donors (Lipinski definition) is 4. The Labute approximate surface area is 678 Å². The molecular formula is C89H96Cl3F4N9O8S. The molecule has 9 aromatic rings. The molecule has 16 rings (SSSR count). The quantitative estimate of drug-likeness (QED) is 0.0301. The van der Waals surface area contributed by atoms with Gasteiger partial charge >= 0.3 is 11.9 Å². The molecule has 0 aliphatic heterocycles. The normalized spacial score (nSPS) is 23.0. The van der Waals surface area contributed by atoms with Gasteiger partial charge in [-0.3, -0.25) is 24.3 Å². The van der Waals surface area contributed by atoms with E-state index in [2.05, 4.69) is 36.7 Å². The Kier molecular flexibility index (Phi) is 26.1. The van der Waals surface area contributed by atoms with Gasteiger partial charge in [0, 0.05) is 79.8 Å². The zero-order valence-corrected chi connectivity index (χ0v) is 67.3. The van der Waals surface area contributed by atoms with Crippen LogP contribution in [-0.4, -0.2) is 87.2 Å². The first-order valence-electron chi connectivity index (χ1n) is 40.2. The summed E-state index contributed by atoms with van der Waals surface area (Å²) in [5.74, 6) is -2.68. The van der Waals surface area contributed by atoms with Crippen LogP contribution in [0.2, 0.25) is 15.1 Å². The molecule has 4 fully saturated rings. The molecule has 4 bridgehead atoms. The number of fused-ring (bicyclic) bond motifs is 7. The fourth-order valence-electron chi connectivity index (χ4n) is 19.1. The van der Waals surface area contributed by atoms with E-state index in [4.69, 9.17) is 49.4 Å². The van der Waals surface area contributed by atoms with Crippen molar-refractivity contribution in [2.45, 2.75) is 191 Å². The van der Waals surface area contributed by atoms with Crippen LogP contribution in [0.15, 0.2) is 145 Å². The molecule has 0 radical (unpaired) electrons. The summed E-state index contributed by atoms with van der Waals surface area (Å²) < 4.78 is 97.9. The summed E-state index contributed by atoms with van der Waals surface area (Å²) in [7, 11) is -3.63. The number of carbonyl (C=O) groups excluding carboxylic acids is 4. The van der Waals surface area contributed by atoms with Gasteiger partial charge in [0.05, 0.1) is 52.8 Å². The smallest absolute Gasteiger partial charge is 0.311 e. The van der Waals surface area contributed by atoms with Gasteiger partial charge in [0.15, 0.2) is 17.2 Å². The maximum atomic E-state index is 15.2. The predicted octanol–water partition coefficient (Wildman–Crippen LogP) is 18.9. The fraction of sp³-hybridized carbons (Fsp3) is 0.427. The Hall–Kier alpha value is -8.93. The molecule has 7 unspecified atom stereocenters. The maximum absolute atomic E-state index is 15.2. The van der Waals surface area contributed by atoms with Crippen molar-refractivity contribution >= 4 is 74.7 Å². The summed E-state index contributed by atoms with van der Waals surface area (Å²) in [6.45, 7) is 6.03. The number of ether oxygens (including phenoxy) is 2. The van der Waals surface area contributed by atoms with Crippen molar-refractivity contribution in [1.82, 2.24) is 45.1 Å². The second-order valence-corrected chi connectivity index (χ2v) is 34.5. The van der Waals surface area contributed by atoms with Crippen molar-refractivity contribution in [3.8, 4) is 11.4 Å². The Morgan fingerprint density at radius 3 is 1.57 bits per heavy atom. The van der Waals surface area contributed by atoms with Crippen molar-refractivity contribution in [3.05, 3.63) is 256 Å². The number of esters is 2. The number of aromatic nitrogens is 6. The molecular weight excluding hydrogens is 1540 g/mol. The number of sulfonamides is 1. The standard InChI is InChI=1S/C32H34Cl3N3O3.C32H34F3N3O3.C25H28FN3O2S/c1-2-41-32(40)27-19-10-11-20(16-19)28(27)36-31(39)29-24-9-4-3-7-21(14-18-6-5-8-22(33)15-18)30(24)38(37-29)26-13-12-23(34)17-25(26)35;1-2-41-32(40)27-19-9-10-20(16-19)28(27)36-31(39)29-24-6-4-3-5-21(15-18-7-11-22(33)12-8-18)30(24)38(37-29)26-14-13-23(34)17-25(26)35;1-18(20-7-3-2-4-8-20)29-32(30,31)16-15-24-23-10-6-5-9-21(25(23)28-27-24)17-19-11-13-22(26)14-12-19/h5-6,8,12-13,15,17,19-21,27-28H,2-4,7,9-11,14,16H2,1H3,(H,36,39);7-8,11-14,17,19-21,27-28H,2-6,9-10,15-16H2,1H3,(H,36,39);2-4,7-8,11-16,18,21,29H,5-6,9-10,17H2,1H3,(H,27,28)/b;;16-15+/t2*19?,20?,21?,27-,28+;18-,21?/m110/s1. The molecule has 4 saturated carbocycles. The maximum Gasteiger partial charge on any atom is 0.311 e. The molecule has 7 aliphatic rings. The zero-order valence-electron chi connectivity index (χ0n) is 64.2. The number of aromatic amines is 1. The summed E-state index contributed by atoms with van der Waals surface area (Å²) >= 11 is 19.3. The van der Waals surface area contributed by atoms with E-state index >= 15 is 4.39 Å². The van der Waals surface area contributed by atoms with Crippen LogP contribution in [0.25, 0.3) is 17.5 Å². The van der Waals surface area contributed by atoms with Crippen LogP contribution in [0.3, 0.4) is 0 Å². The molecule has 12 atom stereocenters. The average Bonchev–Trinajstić information content (AvgIpc) is 1.60. The summed E-state index contributed by atoms with van der Waals surface area (Å²) in [6, 6.07) is 38.1. The molecule has 0 spiro atoms. The van der Waals surface area contributed by atoms with Crippen molar-refractivity contribution in [2.24, 2.45) is 35.5 Å². The number of rotatable bonds is 21. The number of benzene rings is 6. The predicted molar refractivity (Wildman–Crippen MR) is 432 cm³/mol. The van der Waals surface area contributed by atoms with Gasteiger partial charge in [0.1, 0.15) is 23.1 Å². The highest BCUT2D eigenvalue weighted by Gasteiger charge is 2.54. The molecule has 7 aliphatic carbocycles. The van der Waals surface area contributed by atoms with E-state index < -0.39 is 27.6 Å². The van der Waals surface area contributed by atoms with Gasteiger partial charge < -0.3 is 20.1 Å². The Balaban J connectivity index is 0.000000143. The largest absolute Gasteiger partial charge is 0.466 e. The van der Waals surface area contributed by atoms with Crippen molar-refractivity contribution < 1.29 is 54.6 Å². The SMILES string of the molecule is CCOC(=O)[C@@H]1C2CCC(C2)[C@@H]1NC(=O)c1nn(-c2ccc(Cl)cc2Cl)c2c1CCCCC2Cc1cccc(Cl)c1.CCOC(=O)[C@@H]1C2CCC(C2)[C@@H]1NC(=O)c1nn(-c2ccc(F)cc2F)c2c1CCCCC2Cc1ccc(F)cc1.C[C@H](NS(=O)(=O)/C=C/c1n[nH]c2c1CCCCC2Cc1ccc(F)cc1)c1ccccc1. The summed E-state index contributed by atoms with van der Waals surface area (Å²) in [5, 5.41) is 26.5. The second-order valence-electron chi connectivity index (χ2n) is 31.6. The van der Waals surface area contributed by atoms with Gasteiger partial charge in [-0.25, -0.2) is 40.1 Å². The van der Waals surface area contributed by atoms with Crippen molar-refractivity contribution in [1.29, 1.82) is 0 Å². The lowest BCUT2D eigenvalue weighted by Gasteiger charge is -2.30. The number of H-pyrrole nitrogens is 1. The van der Waals surface area contributed by atoms with Gasteiger partial charge in [0.2, 0.25) is 10.0 Å². The third-order valence-corrected chi connectivity index (χ3v) is 26.3. The van der Waals surface area contributed by atoms with Crippen LogP contribution in [0.1, 0.15) is 224 Å². The van der Waals surface area contributed by atoms with Crippen LogP contribution in [0.4, 0.5) is 17.6 Å². The van der Waals surface area contributed by atoms with E-state index in [0.717, 1.165) is 184 Å². The van der Waals surface area contributed by atoms with Crippen LogP contribution in [0.5, 0.6) is 0 Å². The molecule has 600 valence electrons. The highest BCUT2D eigenvalue weighted by Crippen LogP contribution is 2.51. The van der Waals surface area contributed by atoms with E-state index in [9.17, 15) is 40.8 Å². The van der Waals surface area contributed by atoms with E-state index in [-0.39, 0.29) is 119 Å². The van der Waals surface area contributed by atoms with Gasteiger partial charge in [-0.1, -0.05) is 121 Å². The second kappa shape index (κ2) is 36.5. The number of amides is 2. The third kappa shape index (κ3) is 18.6. The molecule has 0 saturated heterocycles. The fourth-order valence-corrected chi connectivity index (χ4v) is 20.8. The van der Waals surface area contributed by atoms with Gasteiger partial charge in [-0.05, 0) is 255 Å². The lowest BCUT2D eigenvalue weighted by molar-refractivity contribution is -0.151. The summed E-state index contributed by atoms with van der Waals surface area (Å²) in [5.41, 5.74) is 11.7. The zero-order chi connectivity index (χ0) is 79.9. The summed E-state index contributed by atoms with van der Waals surface area (Å²) in [6.07, 6.45) is 20.2. The van der Waals surface area contributed by atoms with Gasteiger partial charge in [0.25, 0.3) is 11.8 Å². The molecule has 3 heterocycles. The first-order chi connectivity index (χ1) is 55.1. The summed E-state index contributed by atoms with van der Waals surface area (Å²) in [4.78, 5) is 53.8. The average molecular weight is 1630 g/mol. The lowest BCUT2D eigenvalue weighted by atomic mass is 9.84. The monoisotopic (exact) mass is 1630 g/mol. The molecule has 25 heteroatoms. The first kappa shape index (κ1) is 81.6. The van der Waals surface area contributed by atoms with E-state index in [1.165, 1.54) is 46.5 Å². The minimum absolute atomic E-state index is 0.0667. The number of hydrogen-bond acceptors (Lipinski definition) is 11. The third-order valence-electron chi connectivity index (χ3n) is 24.3. The van der Waals surface area contributed by atoms with Crippen molar-refractivity contribution in [3.63, 3.8) is 0 Å². The molecule has 2 amide bonds.